The summed E-state index contributed by atoms with van der Waals surface area (Å²) in [5.74, 6) is -2.76. The van der Waals surface area contributed by atoms with Gasteiger partial charge < -0.3 is 20.7 Å². The Labute approximate surface area is 105 Å². The molecule has 0 aliphatic rings. The van der Waals surface area contributed by atoms with Crippen molar-refractivity contribution in [1.29, 1.82) is 0 Å². The predicted molar refractivity (Wildman–Crippen MR) is 65.6 cm³/mol. The second kappa shape index (κ2) is 8.08. The summed E-state index contributed by atoms with van der Waals surface area (Å²) in [6.45, 7) is 4.55. The number of hydrogen-bond donors (Lipinski definition) is 3. The molecule has 0 aliphatic carbocycles. The van der Waals surface area contributed by atoms with Crippen LogP contribution in [-0.2, 0) is 9.59 Å². The average Bonchev–Trinajstić information content (AvgIpc) is 2.29. The zero-order chi connectivity index (χ0) is 14.1. The molecule has 0 heterocycles. The number of carboxylic acids is 2. The van der Waals surface area contributed by atoms with Gasteiger partial charge in [-0.15, -0.1) is 0 Å². The van der Waals surface area contributed by atoms with E-state index in [1.807, 2.05) is 31.2 Å². The van der Waals surface area contributed by atoms with Gasteiger partial charge in [-0.25, -0.2) is 9.59 Å². The number of aryl methyl sites for hydroxylation is 1. The molecule has 0 amide bonds. The molecule has 1 aromatic carbocycles. The van der Waals surface area contributed by atoms with Gasteiger partial charge in [-0.05, 0) is 26.0 Å². The van der Waals surface area contributed by atoms with Crippen molar-refractivity contribution in [1.82, 2.24) is 0 Å². The van der Waals surface area contributed by atoms with Gasteiger partial charge in [0.05, 0.1) is 0 Å². The number of aliphatic carboxylic acids is 2. The van der Waals surface area contributed by atoms with Crippen LogP contribution in [0.4, 0.5) is 0 Å². The van der Waals surface area contributed by atoms with Crippen LogP contribution in [0.15, 0.2) is 24.3 Å². The van der Waals surface area contributed by atoms with Gasteiger partial charge in [0.25, 0.3) is 0 Å². The molecule has 0 aliphatic heterocycles. The Morgan fingerprint density at radius 1 is 1.22 bits per heavy atom. The van der Waals surface area contributed by atoms with Crippen molar-refractivity contribution in [2.75, 3.05) is 6.61 Å². The maximum Gasteiger partial charge on any atom is 0.414 e. The smallest absolute Gasteiger partial charge is 0.414 e. The van der Waals surface area contributed by atoms with Crippen LogP contribution in [-0.4, -0.2) is 34.8 Å². The minimum Gasteiger partial charge on any atom is -0.492 e. The van der Waals surface area contributed by atoms with Gasteiger partial charge in [-0.2, -0.15) is 0 Å². The van der Waals surface area contributed by atoms with Crippen LogP contribution in [0, 0.1) is 6.92 Å². The minimum absolute atomic E-state index is 0.0892. The Bertz CT molecular complexity index is 374. The summed E-state index contributed by atoms with van der Waals surface area (Å²) >= 11 is 0. The van der Waals surface area contributed by atoms with E-state index in [0.717, 1.165) is 5.75 Å². The van der Waals surface area contributed by atoms with Crippen LogP contribution in [0.2, 0.25) is 0 Å². The van der Waals surface area contributed by atoms with Crippen LogP contribution in [0.3, 0.4) is 0 Å². The van der Waals surface area contributed by atoms with Gasteiger partial charge in [0, 0.05) is 6.04 Å². The highest BCUT2D eigenvalue weighted by Crippen LogP contribution is 2.11. The van der Waals surface area contributed by atoms with Crippen molar-refractivity contribution in [3.63, 3.8) is 0 Å². The van der Waals surface area contributed by atoms with Crippen molar-refractivity contribution < 1.29 is 24.5 Å². The highest BCUT2D eigenvalue weighted by Gasteiger charge is 2.04. The van der Waals surface area contributed by atoms with Crippen LogP contribution >= 0.6 is 0 Å². The lowest BCUT2D eigenvalue weighted by Crippen LogP contribution is -2.23. The molecular weight excluding hydrogens is 238 g/mol. The number of nitrogens with two attached hydrogens (primary N) is 1. The number of benzene rings is 1. The van der Waals surface area contributed by atoms with Gasteiger partial charge in [0.2, 0.25) is 0 Å². The van der Waals surface area contributed by atoms with E-state index in [4.69, 9.17) is 30.3 Å². The van der Waals surface area contributed by atoms with Crippen LogP contribution in [0.5, 0.6) is 5.75 Å². The van der Waals surface area contributed by atoms with E-state index in [0.29, 0.717) is 6.61 Å². The summed E-state index contributed by atoms with van der Waals surface area (Å²) < 4.78 is 5.40. The number of hydrogen-bond acceptors (Lipinski definition) is 4. The summed E-state index contributed by atoms with van der Waals surface area (Å²) in [7, 11) is 0. The highest BCUT2D eigenvalue weighted by molar-refractivity contribution is 6.27. The Kier molecular flexibility index (Phi) is 7.14. The molecule has 0 fully saturated rings. The standard InChI is InChI=1S/C10H15NO.C2H2O4/c1-8-3-5-10(6-4-8)12-7-9(2)11;3-1(4)2(5)6/h3-6,9H,7,11H2,1-2H3;(H,3,4)(H,5,6). The first-order valence-corrected chi connectivity index (χ1v) is 5.24. The van der Waals surface area contributed by atoms with E-state index in [-0.39, 0.29) is 6.04 Å². The Morgan fingerprint density at radius 2 is 1.67 bits per heavy atom. The molecular formula is C12H17NO5. The van der Waals surface area contributed by atoms with E-state index in [1.165, 1.54) is 5.56 Å². The first-order chi connectivity index (χ1) is 8.32. The van der Waals surface area contributed by atoms with Crippen molar-refractivity contribution in [2.24, 2.45) is 5.73 Å². The fourth-order valence-electron chi connectivity index (χ4n) is 0.862. The van der Waals surface area contributed by atoms with E-state index in [1.54, 1.807) is 0 Å². The third-order valence-corrected chi connectivity index (χ3v) is 1.72. The normalized spacial score (nSPS) is 10.8. The molecule has 0 radical (unpaired) electrons. The Hall–Kier alpha value is -2.08. The molecule has 1 aromatic rings. The summed E-state index contributed by atoms with van der Waals surface area (Å²) in [5.41, 5.74) is 6.78. The number of rotatable bonds is 3. The molecule has 6 nitrogen and oxygen atoms in total. The first-order valence-electron chi connectivity index (χ1n) is 5.24. The summed E-state index contributed by atoms with van der Waals surface area (Å²) in [4.78, 5) is 18.2. The average molecular weight is 255 g/mol. The lowest BCUT2D eigenvalue weighted by Gasteiger charge is -2.08. The van der Waals surface area contributed by atoms with Crippen molar-refractivity contribution >= 4 is 11.9 Å². The third-order valence-electron chi connectivity index (χ3n) is 1.72. The maximum absolute atomic E-state index is 9.10. The molecule has 0 aromatic heterocycles. The monoisotopic (exact) mass is 255 g/mol. The van der Waals surface area contributed by atoms with Crippen molar-refractivity contribution in [2.45, 2.75) is 19.9 Å². The fourth-order valence-corrected chi connectivity index (χ4v) is 0.862. The highest BCUT2D eigenvalue weighted by atomic mass is 16.5. The molecule has 18 heavy (non-hydrogen) atoms. The zero-order valence-electron chi connectivity index (χ0n) is 10.3. The summed E-state index contributed by atoms with van der Waals surface area (Å²) in [6, 6.07) is 8.05. The summed E-state index contributed by atoms with van der Waals surface area (Å²) in [5, 5.41) is 14.8. The topological polar surface area (TPSA) is 110 Å². The van der Waals surface area contributed by atoms with Crippen molar-refractivity contribution in [3.8, 4) is 5.75 Å². The van der Waals surface area contributed by atoms with Gasteiger partial charge >= 0.3 is 11.9 Å². The van der Waals surface area contributed by atoms with Gasteiger partial charge in [0.15, 0.2) is 0 Å². The fraction of sp³-hybridized carbons (Fsp3) is 0.333. The number of ether oxygens (including phenoxy) is 1. The quantitative estimate of drug-likeness (QED) is 0.691. The molecule has 4 N–H and O–H groups in total. The van der Waals surface area contributed by atoms with Gasteiger partial charge in [-0.1, -0.05) is 17.7 Å². The van der Waals surface area contributed by atoms with Gasteiger partial charge in [-0.3, -0.25) is 0 Å². The van der Waals surface area contributed by atoms with E-state index in [9.17, 15) is 0 Å². The van der Waals surface area contributed by atoms with E-state index < -0.39 is 11.9 Å². The first kappa shape index (κ1) is 15.9. The lowest BCUT2D eigenvalue weighted by atomic mass is 10.2. The second-order valence-electron chi connectivity index (χ2n) is 3.71. The molecule has 1 rings (SSSR count). The minimum atomic E-state index is -1.82. The Balaban J connectivity index is 0.000000411. The molecule has 0 spiro atoms. The third kappa shape index (κ3) is 8.12. The van der Waals surface area contributed by atoms with Gasteiger partial charge in [0.1, 0.15) is 12.4 Å². The van der Waals surface area contributed by atoms with E-state index >= 15 is 0 Å². The second-order valence-corrected chi connectivity index (χ2v) is 3.71. The molecule has 0 saturated heterocycles. The number of carbonyl (C=O) groups is 2. The SMILES string of the molecule is Cc1ccc(OCC(C)N)cc1.O=C(O)C(=O)O. The van der Waals surface area contributed by atoms with Crippen LogP contribution < -0.4 is 10.5 Å². The molecule has 6 heteroatoms. The van der Waals surface area contributed by atoms with Crippen LogP contribution in [0.25, 0.3) is 0 Å². The molecule has 1 unspecified atom stereocenters. The molecule has 0 saturated carbocycles. The van der Waals surface area contributed by atoms with Crippen molar-refractivity contribution in [3.05, 3.63) is 29.8 Å². The largest absolute Gasteiger partial charge is 0.492 e. The predicted octanol–water partition coefficient (Wildman–Crippen LogP) is 0.877. The molecule has 100 valence electrons. The zero-order valence-corrected chi connectivity index (χ0v) is 10.3. The number of carboxylic acid groups (broad SMARTS) is 2. The maximum atomic E-state index is 9.10. The van der Waals surface area contributed by atoms with Crippen LogP contribution in [0.1, 0.15) is 12.5 Å². The Morgan fingerprint density at radius 3 is 2.00 bits per heavy atom. The van der Waals surface area contributed by atoms with E-state index in [2.05, 4.69) is 6.92 Å². The molecule has 0 bridgehead atoms. The summed E-state index contributed by atoms with van der Waals surface area (Å²) in [6.07, 6.45) is 0. The lowest BCUT2D eigenvalue weighted by molar-refractivity contribution is -0.159. The molecule has 1 atom stereocenters.